The third-order valence-electron chi connectivity index (χ3n) is 2.62. The molecule has 0 saturated carbocycles. The molecule has 1 aromatic heterocycles. The Morgan fingerprint density at radius 1 is 1.50 bits per heavy atom. The van der Waals surface area contributed by atoms with Crippen LogP contribution in [0.2, 0.25) is 5.02 Å². The number of nitrogens with zero attached hydrogens (tertiary/aromatic N) is 4. The van der Waals surface area contributed by atoms with E-state index in [0.717, 1.165) is 5.69 Å². The zero-order valence-electron chi connectivity index (χ0n) is 11.1. The smallest absolute Gasteiger partial charge is 0.271 e. The molecule has 0 fully saturated rings. The van der Waals surface area contributed by atoms with Gasteiger partial charge in [0.1, 0.15) is 0 Å². The summed E-state index contributed by atoms with van der Waals surface area (Å²) < 4.78 is 1.50. The van der Waals surface area contributed by atoms with Crippen molar-refractivity contribution < 1.29 is 4.92 Å². The van der Waals surface area contributed by atoms with E-state index in [0.29, 0.717) is 18.3 Å². The van der Waals surface area contributed by atoms with Gasteiger partial charge in [-0.25, -0.2) is 4.68 Å². The summed E-state index contributed by atoms with van der Waals surface area (Å²) in [5.41, 5.74) is 1.27. The van der Waals surface area contributed by atoms with Crippen LogP contribution in [0.15, 0.2) is 24.4 Å². The lowest BCUT2D eigenvalue weighted by Gasteiger charge is -2.04. The van der Waals surface area contributed by atoms with Gasteiger partial charge in [-0.3, -0.25) is 10.1 Å². The number of benzene rings is 1. The maximum absolute atomic E-state index is 10.7. The predicted molar refractivity (Wildman–Crippen MR) is 75.0 cm³/mol. The number of rotatable bonds is 5. The van der Waals surface area contributed by atoms with Crippen LogP contribution >= 0.6 is 11.6 Å². The Morgan fingerprint density at radius 3 is 2.85 bits per heavy atom. The minimum absolute atomic E-state index is 0.0550. The van der Waals surface area contributed by atoms with Crippen LogP contribution in [0.1, 0.15) is 19.5 Å². The number of nitrogens with one attached hydrogen (secondary N) is 1. The SMILES string of the molecule is CC(C)NCc1cn(-c2ccc([N+](=O)[O-])cc2Cl)nn1. The van der Waals surface area contributed by atoms with Crippen molar-refractivity contribution >= 4 is 17.3 Å². The second kappa shape index (κ2) is 5.98. The number of nitro benzene ring substituents is 1. The second-order valence-corrected chi connectivity index (χ2v) is 4.99. The molecular weight excluding hydrogens is 282 g/mol. The Hall–Kier alpha value is -1.99. The van der Waals surface area contributed by atoms with Gasteiger partial charge in [0.2, 0.25) is 0 Å². The summed E-state index contributed by atoms with van der Waals surface area (Å²) in [7, 11) is 0. The fourth-order valence-electron chi connectivity index (χ4n) is 1.60. The van der Waals surface area contributed by atoms with Crippen LogP contribution in [0.5, 0.6) is 0 Å². The summed E-state index contributed by atoms with van der Waals surface area (Å²) in [6.07, 6.45) is 1.74. The summed E-state index contributed by atoms with van der Waals surface area (Å²) in [6, 6.07) is 4.58. The molecule has 0 amide bonds. The lowest BCUT2D eigenvalue weighted by Crippen LogP contribution is -2.21. The van der Waals surface area contributed by atoms with Gasteiger partial charge in [0.05, 0.1) is 27.5 Å². The molecule has 1 heterocycles. The van der Waals surface area contributed by atoms with Crippen LogP contribution in [0, 0.1) is 10.1 Å². The van der Waals surface area contributed by atoms with Gasteiger partial charge < -0.3 is 5.32 Å². The normalized spacial score (nSPS) is 11.0. The van der Waals surface area contributed by atoms with Crippen molar-refractivity contribution in [3.63, 3.8) is 0 Å². The maximum Gasteiger partial charge on any atom is 0.271 e. The van der Waals surface area contributed by atoms with Gasteiger partial charge in [0.25, 0.3) is 5.69 Å². The summed E-state index contributed by atoms with van der Waals surface area (Å²) in [5, 5.41) is 22.1. The van der Waals surface area contributed by atoms with Crippen LogP contribution in [-0.2, 0) is 6.54 Å². The second-order valence-electron chi connectivity index (χ2n) is 4.58. The molecule has 1 aromatic carbocycles. The molecule has 8 heteroatoms. The number of halogens is 1. The van der Waals surface area contributed by atoms with Crippen LogP contribution in [0.3, 0.4) is 0 Å². The van der Waals surface area contributed by atoms with E-state index >= 15 is 0 Å². The lowest BCUT2D eigenvalue weighted by molar-refractivity contribution is -0.384. The van der Waals surface area contributed by atoms with Crippen molar-refractivity contribution in [2.24, 2.45) is 0 Å². The van der Waals surface area contributed by atoms with E-state index in [1.165, 1.54) is 16.8 Å². The van der Waals surface area contributed by atoms with Gasteiger partial charge in [0.15, 0.2) is 0 Å². The Kier molecular flexibility index (Phi) is 4.31. The molecule has 0 unspecified atom stereocenters. The molecule has 0 aliphatic heterocycles. The summed E-state index contributed by atoms with van der Waals surface area (Å²) in [6.45, 7) is 4.68. The molecule has 20 heavy (non-hydrogen) atoms. The Balaban J connectivity index is 2.21. The highest BCUT2D eigenvalue weighted by atomic mass is 35.5. The molecule has 0 bridgehead atoms. The van der Waals surface area contributed by atoms with Crippen molar-refractivity contribution in [2.45, 2.75) is 26.4 Å². The van der Waals surface area contributed by atoms with Gasteiger partial charge in [-0.1, -0.05) is 30.7 Å². The van der Waals surface area contributed by atoms with Crippen molar-refractivity contribution in [3.05, 3.63) is 45.2 Å². The largest absolute Gasteiger partial charge is 0.309 e. The van der Waals surface area contributed by atoms with E-state index in [9.17, 15) is 10.1 Å². The minimum atomic E-state index is -0.491. The van der Waals surface area contributed by atoms with E-state index in [2.05, 4.69) is 15.6 Å². The first-order valence-electron chi connectivity index (χ1n) is 6.06. The molecule has 2 rings (SSSR count). The third-order valence-corrected chi connectivity index (χ3v) is 2.92. The molecule has 0 aliphatic rings. The summed E-state index contributed by atoms with van der Waals surface area (Å²) in [5.74, 6) is 0. The lowest BCUT2D eigenvalue weighted by atomic mass is 10.3. The number of nitro groups is 1. The highest BCUT2D eigenvalue weighted by Gasteiger charge is 2.12. The van der Waals surface area contributed by atoms with Crippen molar-refractivity contribution in [3.8, 4) is 5.69 Å². The molecule has 106 valence electrons. The predicted octanol–water partition coefficient (Wildman–Crippen LogP) is 2.33. The topological polar surface area (TPSA) is 85.9 Å². The molecule has 1 N–H and O–H groups in total. The highest BCUT2D eigenvalue weighted by molar-refractivity contribution is 6.32. The monoisotopic (exact) mass is 295 g/mol. The van der Waals surface area contributed by atoms with Crippen LogP contribution in [-0.4, -0.2) is 26.0 Å². The fourth-order valence-corrected chi connectivity index (χ4v) is 1.86. The quantitative estimate of drug-likeness (QED) is 0.676. The van der Waals surface area contributed by atoms with Crippen molar-refractivity contribution in [2.75, 3.05) is 0 Å². The maximum atomic E-state index is 10.7. The Morgan fingerprint density at radius 2 is 2.25 bits per heavy atom. The molecule has 0 radical (unpaired) electrons. The first-order chi connectivity index (χ1) is 9.47. The van der Waals surface area contributed by atoms with Crippen molar-refractivity contribution in [1.29, 1.82) is 0 Å². The number of hydrogen-bond donors (Lipinski definition) is 1. The average molecular weight is 296 g/mol. The van der Waals surface area contributed by atoms with Crippen LogP contribution < -0.4 is 5.32 Å². The minimum Gasteiger partial charge on any atom is -0.309 e. The first-order valence-corrected chi connectivity index (χ1v) is 6.44. The highest BCUT2D eigenvalue weighted by Crippen LogP contribution is 2.24. The van der Waals surface area contributed by atoms with Crippen LogP contribution in [0.4, 0.5) is 5.69 Å². The molecular formula is C12H14ClN5O2. The molecule has 0 spiro atoms. The Labute approximate surface area is 120 Å². The Bertz CT molecular complexity index is 626. The van der Waals surface area contributed by atoms with Gasteiger partial charge in [-0.15, -0.1) is 5.10 Å². The fraction of sp³-hybridized carbons (Fsp3) is 0.333. The zero-order valence-corrected chi connectivity index (χ0v) is 11.8. The summed E-state index contributed by atoms with van der Waals surface area (Å²) in [4.78, 5) is 10.2. The van der Waals surface area contributed by atoms with E-state index in [-0.39, 0.29) is 10.7 Å². The molecule has 2 aromatic rings. The first kappa shape index (κ1) is 14.4. The van der Waals surface area contributed by atoms with Gasteiger partial charge in [-0.05, 0) is 6.07 Å². The molecule has 0 atom stereocenters. The van der Waals surface area contributed by atoms with Gasteiger partial charge in [-0.2, -0.15) is 0 Å². The number of hydrogen-bond acceptors (Lipinski definition) is 5. The number of non-ortho nitro benzene ring substituents is 1. The van der Waals surface area contributed by atoms with Crippen molar-refractivity contribution in [1.82, 2.24) is 20.3 Å². The standard InChI is InChI=1S/C12H14ClN5O2/c1-8(2)14-6-9-7-17(16-15-9)12-4-3-10(18(19)20)5-11(12)13/h3-5,7-8,14H,6H2,1-2H3. The van der Waals surface area contributed by atoms with E-state index in [1.807, 2.05) is 13.8 Å². The zero-order chi connectivity index (χ0) is 14.7. The molecule has 7 nitrogen and oxygen atoms in total. The van der Waals surface area contributed by atoms with E-state index in [1.54, 1.807) is 12.3 Å². The van der Waals surface area contributed by atoms with Gasteiger partial charge in [0, 0.05) is 24.7 Å². The summed E-state index contributed by atoms with van der Waals surface area (Å²) >= 11 is 6.04. The molecule has 0 saturated heterocycles. The van der Waals surface area contributed by atoms with E-state index < -0.39 is 4.92 Å². The molecule has 0 aliphatic carbocycles. The van der Waals surface area contributed by atoms with E-state index in [4.69, 9.17) is 11.6 Å². The van der Waals surface area contributed by atoms with Gasteiger partial charge >= 0.3 is 0 Å². The van der Waals surface area contributed by atoms with Crippen LogP contribution in [0.25, 0.3) is 5.69 Å². The number of aromatic nitrogens is 3. The average Bonchev–Trinajstić information content (AvgIpc) is 2.84. The third kappa shape index (κ3) is 3.31.